The Bertz CT molecular complexity index is 897. The zero-order chi connectivity index (χ0) is 20.3. The molecule has 0 fully saturated rings. The van der Waals surface area contributed by atoms with Crippen LogP contribution < -0.4 is 4.90 Å². The van der Waals surface area contributed by atoms with Gasteiger partial charge in [-0.1, -0.05) is 68.1 Å². The number of hydrogen-bond donors (Lipinski definition) is 1. The van der Waals surface area contributed by atoms with Gasteiger partial charge in [0.15, 0.2) is 0 Å². The minimum atomic E-state index is -1.01. The smallest absolute Gasteiger partial charge is 0.327 e. The van der Waals surface area contributed by atoms with Gasteiger partial charge in [0.05, 0.1) is 0 Å². The Kier molecular flexibility index (Phi) is 6.19. The standard InChI is InChI=1S/C22H23NO4S/c1-3-15-9-10-18-17(11-15)12-19(21(25)26)23(18)20(24)14(2)13-28-22(27)16-7-5-4-6-8-16/h4-11,14,19H,3,12-13H2,1-2H3,(H,25,26). The second-order valence-electron chi connectivity index (χ2n) is 6.95. The number of fused-ring (bicyclic) bond motifs is 1. The normalized spacial score (nSPS) is 16.5. The molecule has 3 rings (SSSR count). The van der Waals surface area contributed by atoms with Crippen LogP contribution in [-0.4, -0.2) is 33.9 Å². The van der Waals surface area contributed by atoms with E-state index >= 15 is 0 Å². The first-order chi connectivity index (χ1) is 13.4. The number of aryl methyl sites for hydroxylation is 1. The van der Waals surface area contributed by atoms with E-state index in [0.29, 0.717) is 23.4 Å². The number of carboxylic acids is 1. The van der Waals surface area contributed by atoms with Crippen LogP contribution in [0.5, 0.6) is 0 Å². The molecular weight excluding hydrogens is 374 g/mol. The topological polar surface area (TPSA) is 74.7 Å². The summed E-state index contributed by atoms with van der Waals surface area (Å²) < 4.78 is 0. The maximum absolute atomic E-state index is 13.1. The van der Waals surface area contributed by atoms with E-state index in [1.807, 2.05) is 31.2 Å². The average Bonchev–Trinajstić information content (AvgIpc) is 3.10. The Balaban J connectivity index is 1.74. The second kappa shape index (κ2) is 8.61. The van der Waals surface area contributed by atoms with Crippen molar-refractivity contribution < 1.29 is 19.5 Å². The molecule has 1 heterocycles. The van der Waals surface area contributed by atoms with Gasteiger partial charge in [-0.3, -0.25) is 14.5 Å². The molecule has 2 aromatic carbocycles. The summed E-state index contributed by atoms with van der Waals surface area (Å²) in [7, 11) is 0. The number of carbonyl (C=O) groups excluding carboxylic acids is 2. The van der Waals surface area contributed by atoms with E-state index in [1.54, 1.807) is 31.2 Å². The Morgan fingerprint density at radius 2 is 1.89 bits per heavy atom. The third-order valence-corrected chi connectivity index (χ3v) is 6.12. The minimum absolute atomic E-state index is 0.0931. The summed E-state index contributed by atoms with van der Waals surface area (Å²) in [5, 5.41) is 9.53. The van der Waals surface area contributed by atoms with E-state index in [-0.39, 0.29) is 11.0 Å². The first-order valence-electron chi connectivity index (χ1n) is 9.32. The van der Waals surface area contributed by atoms with E-state index < -0.39 is 17.9 Å². The number of thioether (sulfide) groups is 1. The number of hydrogen-bond acceptors (Lipinski definition) is 4. The summed E-state index contributed by atoms with van der Waals surface area (Å²) in [6, 6.07) is 13.8. The summed E-state index contributed by atoms with van der Waals surface area (Å²) >= 11 is 1.09. The molecule has 2 unspecified atom stereocenters. The highest BCUT2D eigenvalue weighted by Gasteiger charge is 2.40. The van der Waals surface area contributed by atoms with Gasteiger partial charge in [0.1, 0.15) is 6.04 Å². The Hall–Kier alpha value is -2.60. The molecule has 0 radical (unpaired) electrons. The minimum Gasteiger partial charge on any atom is -0.480 e. The molecule has 1 aliphatic heterocycles. The first kappa shape index (κ1) is 20.1. The zero-order valence-corrected chi connectivity index (χ0v) is 16.7. The number of carboxylic acid groups (broad SMARTS) is 1. The molecule has 0 spiro atoms. The number of benzene rings is 2. The van der Waals surface area contributed by atoms with Crippen LogP contribution in [-0.2, 0) is 22.4 Å². The molecule has 28 heavy (non-hydrogen) atoms. The molecule has 2 atom stereocenters. The van der Waals surface area contributed by atoms with Crippen LogP contribution in [0.25, 0.3) is 0 Å². The third-order valence-electron chi connectivity index (χ3n) is 4.95. The molecule has 1 amide bonds. The van der Waals surface area contributed by atoms with E-state index in [1.165, 1.54) is 4.90 Å². The summed E-state index contributed by atoms with van der Waals surface area (Å²) in [5.74, 6) is -1.44. The van der Waals surface area contributed by atoms with Gasteiger partial charge in [-0.15, -0.1) is 0 Å². The van der Waals surface area contributed by atoms with Crippen molar-refractivity contribution in [3.05, 3.63) is 65.2 Å². The van der Waals surface area contributed by atoms with Gasteiger partial charge in [-0.25, -0.2) is 4.79 Å². The van der Waals surface area contributed by atoms with Gasteiger partial charge in [0.25, 0.3) is 0 Å². The van der Waals surface area contributed by atoms with E-state index in [9.17, 15) is 19.5 Å². The highest BCUT2D eigenvalue weighted by molar-refractivity contribution is 8.14. The molecule has 0 aromatic heterocycles. The molecule has 6 heteroatoms. The summed E-state index contributed by atoms with van der Waals surface area (Å²) in [5.41, 5.74) is 3.27. The van der Waals surface area contributed by atoms with Crippen molar-refractivity contribution in [2.45, 2.75) is 32.7 Å². The van der Waals surface area contributed by atoms with E-state index in [4.69, 9.17) is 0 Å². The molecule has 0 saturated heterocycles. The number of rotatable bonds is 6. The maximum atomic E-state index is 13.1. The zero-order valence-electron chi connectivity index (χ0n) is 15.9. The number of amides is 1. The van der Waals surface area contributed by atoms with Crippen LogP contribution in [0.15, 0.2) is 48.5 Å². The quantitative estimate of drug-likeness (QED) is 0.802. The van der Waals surface area contributed by atoms with Crippen molar-refractivity contribution in [2.75, 3.05) is 10.7 Å². The monoisotopic (exact) mass is 397 g/mol. The molecule has 2 aromatic rings. The van der Waals surface area contributed by atoms with Crippen LogP contribution >= 0.6 is 11.8 Å². The van der Waals surface area contributed by atoms with Gasteiger partial charge >= 0.3 is 5.97 Å². The van der Waals surface area contributed by atoms with Crippen LogP contribution in [0, 0.1) is 5.92 Å². The van der Waals surface area contributed by atoms with Gasteiger partial charge in [0.2, 0.25) is 11.0 Å². The predicted molar refractivity (Wildman–Crippen MR) is 111 cm³/mol. The lowest BCUT2D eigenvalue weighted by molar-refractivity contribution is -0.140. The summed E-state index contributed by atoms with van der Waals surface area (Å²) in [6.45, 7) is 3.78. The van der Waals surface area contributed by atoms with E-state index in [0.717, 1.165) is 29.3 Å². The number of aliphatic carboxylic acids is 1. The summed E-state index contributed by atoms with van der Waals surface area (Å²) in [4.78, 5) is 38.5. The van der Waals surface area contributed by atoms with Crippen LogP contribution in [0.1, 0.15) is 35.3 Å². The third kappa shape index (κ3) is 4.12. The highest BCUT2D eigenvalue weighted by atomic mass is 32.2. The van der Waals surface area contributed by atoms with Crippen molar-refractivity contribution in [2.24, 2.45) is 5.92 Å². The lowest BCUT2D eigenvalue weighted by Crippen LogP contribution is -2.45. The Morgan fingerprint density at radius 1 is 1.18 bits per heavy atom. The van der Waals surface area contributed by atoms with Gasteiger partial charge in [-0.05, 0) is 23.6 Å². The molecule has 0 saturated carbocycles. The molecule has 146 valence electrons. The Morgan fingerprint density at radius 3 is 2.54 bits per heavy atom. The number of carbonyl (C=O) groups is 3. The van der Waals surface area contributed by atoms with Crippen molar-refractivity contribution in [1.29, 1.82) is 0 Å². The fraction of sp³-hybridized carbons (Fsp3) is 0.318. The van der Waals surface area contributed by atoms with Crippen molar-refractivity contribution >= 4 is 34.4 Å². The van der Waals surface area contributed by atoms with Gasteiger partial charge < -0.3 is 5.11 Å². The largest absolute Gasteiger partial charge is 0.480 e. The molecule has 1 aliphatic rings. The molecular formula is C22H23NO4S. The number of nitrogens with zero attached hydrogens (tertiary/aromatic N) is 1. The fourth-order valence-corrected chi connectivity index (χ4v) is 4.21. The fourth-order valence-electron chi connectivity index (χ4n) is 3.36. The van der Waals surface area contributed by atoms with Crippen LogP contribution in [0.3, 0.4) is 0 Å². The lowest BCUT2D eigenvalue weighted by atomic mass is 10.1. The van der Waals surface area contributed by atoms with E-state index in [2.05, 4.69) is 0 Å². The first-order valence-corrected chi connectivity index (χ1v) is 10.3. The average molecular weight is 397 g/mol. The van der Waals surface area contributed by atoms with Crippen molar-refractivity contribution in [1.82, 2.24) is 0 Å². The predicted octanol–water partition coefficient (Wildman–Crippen LogP) is 3.80. The van der Waals surface area contributed by atoms with Crippen molar-refractivity contribution in [3.8, 4) is 0 Å². The molecule has 0 bridgehead atoms. The number of anilines is 1. The molecule has 5 nitrogen and oxygen atoms in total. The summed E-state index contributed by atoms with van der Waals surface area (Å²) in [6.07, 6.45) is 1.17. The molecule has 0 aliphatic carbocycles. The van der Waals surface area contributed by atoms with Crippen LogP contribution in [0.4, 0.5) is 5.69 Å². The van der Waals surface area contributed by atoms with Gasteiger partial charge in [0, 0.05) is 29.3 Å². The maximum Gasteiger partial charge on any atom is 0.327 e. The van der Waals surface area contributed by atoms with Crippen molar-refractivity contribution in [3.63, 3.8) is 0 Å². The molecule has 1 N–H and O–H groups in total. The SMILES string of the molecule is CCc1ccc2c(c1)CC(C(=O)O)N2C(=O)C(C)CSC(=O)c1ccccc1. The highest BCUT2D eigenvalue weighted by Crippen LogP contribution is 2.35. The Labute approximate surface area is 168 Å². The van der Waals surface area contributed by atoms with Crippen LogP contribution in [0.2, 0.25) is 0 Å². The second-order valence-corrected chi connectivity index (χ2v) is 7.94. The lowest BCUT2D eigenvalue weighted by Gasteiger charge is -2.25. The van der Waals surface area contributed by atoms with Gasteiger partial charge in [-0.2, -0.15) is 0 Å².